The molecule has 1 aliphatic carbocycles. The van der Waals surface area contributed by atoms with Crippen molar-refractivity contribution in [2.45, 2.75) is 19.0 Å². The Morgan fingerprint density at radius 1 is 1.36 bits per heavy atom. The van der Waals surface area contributed by atoms with Gasteiger partial charge in [-0.2, -0.15) is 0 Å². The molecule has 60 valence electrons. The molecule has 1 aliphatic rings. The van der Waals surface area contributed by atoms with Crippen LogP contribution in [-0.4, -0.2) is 18.5 Å². The number of allylic oxidation sites excluding steroid dienone is 3. The molecule has 0 aromatic rings. The second kappa shape index (κ2) is 2.97. The lowest BCUT2D eigenvalue weighted by atomic mass is 10.0. The van der Waals surface area contributed by atoms with Gasteiger partial charge in [0, 0.05) is 10.7 Å². The fourth-order valence-corrected chi connectivity index (χ4v) is 1.57. The molecule has 0 nitrogen and oxygen atoms in total. The first-order valence-corrected chi connectivity index (χ1v) is 6.10. The zero-order valence-electron chi connectivity index (χ0n) is 7.68. The van der Waals surface area contributed by atoms with Gasteiger partial charge in [0.25, 0.3) is 0 Å². The number of hydrogen-bond acceptors (Lipinski definition) is 0. The number of rotatable bonds is 2. The predicted octanol–water partition coefficient (Wildman–Crippen LogP) is 3.16. The van der Waals surface area contributed by atoms with Crippen LogP contribution in [0.4, 0.5) is 0 Å². The van der Waals surface area contributed by atoms with E-state index in [9.17, 15) is 0 Å². The van der Waals surface area contributed by atoms with E-state index in [1.165, 1.54) is 5.57 Å². The Hall–Kier alpha value is -0.310. The van der Waals surface area contributed by atoms with Crippen molar-refractivity contribution in [2.24, 2.45) is 0 Å². The first kappa shape index (κ1) is 8.78. The van der Waals surface area contributed by atoms with Gasteiger partial charge in [0.05, 0.1) is 0 Å². The van der Waals surface area contributed by atoms with Gasteiger partial charge in [-0.3, -0.25) is 0 Å². The second-order valence-corrected chi connectivity index (χ2v) is 6.44. The largest absolute Gasteiger partial charge is 0.116 e. The molecule has 0 amide bonds. The predicted molar refractivity (Wildman–Crippen MR) is 53.6 cm³/mol. The van der Waals surface area contributed by atoms with E-state index >= 15 is 0 Å². The highest BCUT2D eigenvalue weighted by atomic mass is 31.1. The third-order valence-electron chi connectivity index (χ3n) is 2.38. The van der Waals surface area contributed by atoms with Crippen LogP contribution in [0.5, 0.6) is 0 Å². The van der Waals surface area contributed by atoms with Crippen LogP contribution in [0.15, 0.2) is 29.5 Å². The highest BCUT2D eigenvalue weighted by molar-refractivity contribution is 7.58. The fourth-order valence-electron chi connectivity index (χ4n) is 0.952. The molecule has 0 aliphatic heterocycles. The summed E-state index contributed by atoms with van der Waals surface area (Å²) in [6.45, 7) is 9.22. The minimum absolute atomic E-state index is 0.0745. The summed E-state index contributed by atoms with van der Waals surface area (Å²) in [7, 11) is 0.0745. The van der Waals surface area contributed by atoms with Gasteiger partial charge in [-0.25, -0.2) is 0 Å². The normalized spacial score (nSPS) is 16.3. The second-order valence-electron chi connectivity index (χ2n) is 3.54. The lowest BCUT2D eigenvalue weighted by Gasteiger charge is -2.29. The van der Waals surface area contributed by atoms with Crippen molar-refractivity contribution in [2.75, 3.05) is 13.3 Å². The van der Waals surface area contributed by atoms with Crippen molar-refractivity contribution in [3.63, 3.8) is 0 Å². The molecule has 0 radical (unpaired) electrons. The van der Waals surface area contributed by atoms with Gasteiger partial charge in [0.1, 0.15) is 0 Å². The third kappa shape index (κ3) is 1.64. The number of hydrogen-bond donors (Lipinski definition) is 0. The van der Waals surface area contributed by atoms with Gasteiger partial charge >= 0.3 is 0 Å². The van der Waals surface area contributed by atoms with Crippen LogP contribution in [0, 0.1) is 0 Å². The molecule has 0 saturated carbocycles. The first-order valence-electron chi connectivity index (χ1n) is 3.86. The molecule has 0 aromatic carbocycles. The van der Waals surface area contributed by atoms with Crippen LogP contribution in [0.1, 0.15) is 13.8 Å². The maximum absolute atomic E-state index is 3.27. The molecular weight excluding hydrogens is 151 g/mol. The zero-order valence-corrected chi connectivity index (χ0v) is 8.57. The molecule has 1 rings (SSSR count). The van der Waals surface area contributed by atoms with E-state index in [1.807, 2.05) is 6.08 Å². The monoisotopic (exact) mass is 166 g/mol. The first-order chi connectivity index (χ1) is 5.05. The van der Waals surface area contributed by atoms with Crippen LogP contribution < -0.4 is 0 Å². The summed E-state index contributed by atoms with van der Waals surface area (Å²) >= 11 is 0. The van der Waals surface area contributed by atoms with Crippen molar-refractivity contribution >= 4 is 7.92 Å². The van der Waals surface area contributed by atoms with Crippen molar-refractivity contribution < 1.29 is 0 Å². The van der Waals surface area contributed by atoms with Gasteiger partial charge in [-0.1, -0.05) is 19.9 Å². The summed E-state index contributed by atoms with van der Waals surface area (Å²) in [4.78, 5) is 0. The average molecular weight is 166 g/mol. The Bertz CT molecular complexity index is 238. The van der Waals surface area contributed by atoms with Gasteiger partial charge < -0.3 is 0 Å². The molecule has 0 atom stereocenters. The summed E-state index contributed by atoms with van der Waals surface area (Å²) in [6.07, 6.45) is 6.23. The van der Waals surface area contributed by atoms with E-state index in [0.29, 0.717) is 5.16 Å². The highest BCUT2D eigenvalue weighted by Crippen LogP contribution is 2.47. The molecular formula is C10H15P. The zero-order chi connectivity index (χ0) is 8.48. The van der Waals surface area contributed by atoms with Crippen molar-refractivity contribution in [1.82, 2.24) is 0 Å². The van der Waals surface area contributed by atoms with Crippen LogP contribution in [-0.2, 0) is 0 Å². The Labute approximate surface area is 70.4 Å². The molecule has 0 spiro atoms. The Morgan fingerprint density at radius 3 is 2.36 bits per heavy atom. The molecule has 11 heavy (non-hydrogen) atoms. The van der Waals surface area contributed by atoms with Crippen molar-refractivity contribution in [3.05, 3.63) is 29.5 Å². The van der Waals surface area contributed by atoms with Gasteiger partial charge in [0.15, 0.2) is 0 Å². The molecule has 0 fully saturated rings. The van der Waals surface area contributed by atoms with Crippen LogP contribution >= 0.6 is 7.92 Å². The van der Waals surface area contributed by atoms with E-state index in [2.05, 4.69) is 45.1 Å². The maximum atomic E-state index is 3.27. The molecule has 0 aromatic heterocycles. The van der Waals surface area contributed by atoms with Crippen LogP contribution in [0.2, 0.25) is 0 Å². The van der Waals surface area contributed by atoms with Crippen LogP contribution in [0.3, 0.4) is 0 Å². The summed E-state index contributed by atoms with van der Waals surface area (Å²) in [5.74, 6) is 0. The molecule has 0 N–H and O–H groups in total. The van der Waals surface area contributed by atoms with Crippen molar-refractivity contribution in [1.29, 1.82) is 0 Å². The smallest absolute Gasteiger partial charge is 0.0166 e. The van der Waals surface area contributed by atoms with E-state index in [4.69, 9.17) is 0 Å². The molecule has 0 saturated heterocycles. The SMILES string of the molecule is CP(C)C(C)(C)C1=C=CC=C1. The Morgan fingerprint density at radius 2 is 2.00 bits per heavy atom. The van der Waals surface area contributed by atoms with Gasteiger partial charge in [-0.05, 0) is 25.5 Å². The van der Waals surface area contributed by atoms with E-state index in [0.717, 1.165) is 0 Å². The van der Waals surface area contributed by atoms with E-state index in [1.54, 1.807) is 0 Å². The minimum Gasteiger partial charge on any atom is -0.116 e. The van der Waals surface area contributed by atoms with E-state index < -0.39 is 0 Å². The lowest BCUT2D eigenvalue weighted by molar-refractivity contribution is 0.845. The van der Waals surface area contributed by atoms with Crippen molar-refractivity contribution in [3.8, 4) is 0 Å². The Balaban J connectivity index is 2.89. The summed E-state index contributed by atoms with van der Waals surface area (Å²) in [5.41, 5.74) is 4.63. The average Bonchev–Trinajstić information content (AvgIpc) is 2.37. The topological polar surface area (TPSA) is 0 Å². The summed E-state index contributed by atoms with van der Waals surface area (Å²) in [5, 5.41) is 0.332. The summed E-state index contributed by atoms with van der Waals surface area (Å²) < 4.78 is 0. The third-order valence-corrected chi connectivity index (χ3v) is 4.85. The van der Waals surface area contributed by atoms with Gasteiger partial charge in [-0.15, -0.1) is 13.7 Å². The molecule has 0 unspecified atom stereocenters. The highest BCUT2D eigenvalue weighted by Gasteiger charge is 2.25. The Kier molecular flexibility index (Phi) is 2.37. The van der Waals surface area contributed by atoms with Crippen LogP contribution in [0.25, 0.3) is 0 Å². The summed E-state index contributed by atoms with van der Waals surface area (Å²) in [6, 6.07) is 0. The maximum Gasteiger partial charge on any atom is 0.0166 e. The van der Waals surface area contributed by atoms with Gasteiger partial charge in [0.2, 0.25) is 0 Å². The lowest BCUT2D eigenvalue weighted by Crippen LogP contribution is -2.17. The molecule has 1 heteroatoms. The van der Waals surface area contributed by atoms with E-state index in [-0.39, 0.29) is 7.92 Å². The minimum atomic E-state index is 0.0745. The molecule has 0 heterocycles. The molecule has 0 bridgehead atoms. The fraction of sp³-hybridized carbons (Fsp3) is 0.500. The quantitative estimate of drug-likeness (QED) is 0.436. The standard InChI is InChI=1S/C10H15P/c1-10(2,11(3)4)9-7-5-6-8-9/h5-7H,1-4H3.